The van der Waals surface area contributed by atoms with Gasteiger partial charge in [-0.15, -0.1) is 0 Å². The monoisotopic (exact) mass is 252 g/mol. The predicted molar refractivity (Wildman–Crippen MR) is 63.7 cm³/mol. The van der Waals surface area contributed by atoms with E-state index in [2.05, 4.69) is 0 Å². The first-order valence-corrected chi connectivity index (χ1v) is 5.45. The molecule has 4 heteroatoms. The van der Waals surface area contributed by atoms with Crippen LogP contribution in [0.15, 0.2) is 36.4 Å². The molecule has 1 nitrogen and oxygen atoms in total. The first kappa shape index (κ1) is 12.6. The molecule has 0 bridgehead atoms. The maximum absolute atomic E-state index is 12.3. The van der Waals surface area contributed by atoms with Gasteiger partial charge in [0, 0.05) is 5.56 Å². The fraction of sp³-hybridized carbons (Fsp3) is 0.214. The molecule has 0 fully saturated rings. The Balaban J connectivity index is 2.41. The lowest BCUT2D eigenvalue weighted by Crippen LogP contribution is -2.11. The van der Waals surface area contributed by atoms with Crippen molar-refractivity contribution in [2.75, 3.05) is 0 Å². The Labute approximate surface area is 102 Å². The van der Waals surface area contributed by atoms with Crippen molar-refractivity contribution in [3.05, 3.63) is 47.5 Å². The molecule has 0 aromatic heterocycles. The van der Waals surface area contributed by atoms with Gasteiger partial charge in [0.15, 0.2) is 5.78 Å². The topological polar surface area (TPSA) is 17.1 Å². The van der Waals surface area contributed by atoms with Crippen molar-refractivity contribution in [2.45, 2.75) is 19.5 Å². The van der Waals surface area contributed by atoms with Gasteiger partial charge in [-0.2, -0.15) is 13.2 Å². The summed E-state index contributed by atoms with van der Waals surface area (Å²) in [6, 6.07) is 9.55. The summed E-state index contributed by atoms with van der Waals surface area (Å²) >= 11 is 0. The van der Waals surface area contributed by atoms with E-state index in [1.165, 1.54) is 19.1 Å². The second-order valence-corrected chi connectivity index (χ2v) is 4.24. The van der Waals surface area contributed by atoms with Crippen LogP contribution in [0, 0.1) is 0 Å². The standard InChI is InChI=1S/C14H11F3O/c1-9(18)11-4-5-12-6-10(8-14(15,16)17)2-3-13(12)7-11/h2-7H,8H2,1H3. The summed E-state index contributed by atoms with van der Waals surface area (Å²) in [4.78, 5) is 11.2. The van der Waals surface area contributed by atoms with E-state index < -0.39 is 12.6 Å². The molecule has 0 atom stereocenters. The van der Waals surface area contributed by atoms with Crippen LogP contribution in [0.3, 0.4) is 0 Å². The molecule has 0 heterocycles. The van der Waals surface area contributed by atoms with Gasteiger partial charge in [0.25, 0.3) is 0 Å². The largest absolute Gasteiger partial charge is 0.393 e. The maximum atomic E-state index is 12.3. The van der Waals surface area contributed by atoms with Crippen LogP contribution in [0.1, 0.15) is 22.8 Å². The lowest BCUT2D eigenvalue weighted by Gasteiger charge is -2.08. The highest BCUT2D eigenvalue weighted by Gasteiger charge is 2.27. The average molecular weight is 252 g/mol. The van der Waals surface area contributed by atoms with E-state index in [1.54, 1.807) is 24.3 Å². The van der Waals surface area contributed by atoms with Crippen LogP contribution in [-0.2, 0) is 6.42 Å². The number of halogens is 3. The molecule has 2 aromatic rings. The molecule has 0 saturated heterocycles. The summed E-state index contributed by atoms with van der Waals surface area (Å²) in [5, 5.41) is 1.48. The zero-order chi connectivity index (χ0) is 13.3. The second-order valence-electron chi connectivity index (χ2n) is 4.24. The predicted octanol–water partition coefficient (Wildman–Crippen LogP) is 4.15. The molecule has 0 radical (unpaired) electrons. The Morgan fingerprint density at radius 3 is 2.28 bits per heavy atom. The van der Waals surface area contributed by atoms with E-state index in [9.17, 15) is 18.0 Å². The quantitative estimate of drug-likeness (QED) is 0.734. The number of hydrogen-bond acceptors (Lipinski definition) is 1. The molecule has 0 aliphatic heterocycles. The fourth-order valence-electron chi connectivity index (χ4n) is 1.86. The molecular formula is C14H11F3O. The van der Waals surface area contributed by atoms with Gasteiger partial charge in [0.2, 0.25) is 0 Å². The number of fused-ring (bicyclic) bond motifs is 1. The van der Waals surface area contributed by atoms with E-state index in [1.807, 2.05) is 0 Å². The maximum Gasteiger partial charge on any atom is 0.393 e. The first-order chi connectivity index (χ1) is 8.35. The van der Waals surface area contributed by atoms with E-state index in [0.717, 1.165) is 5.39 Å². The number of Topliss-reactive ketones (excluding diaryl/α,β-unsaturated/α-hetero) is 1. The lowest BCUT2D eigenvalue weighted by atomic mass is 10.0. The molecule has 0 spiro atoms. The van der Waals surface area contributed by atoms with Crippen LogP contribution in [0.4, 0.5) is 13.2 Å². The molecule has 2 aromatic carbocycles. The second kappa shape index (κ2) is 4.44. The number of benzene rings is 2. The molecule has 2 rings (SSSR count). The third-order valence-electron chi connectivity index (χ3n) is 2.72. The number of alkyl halides is 3. The van der Waals surface area contributed by atoms with Gasteiger partial charge in [0.1, 0.15) is 0 Å². The fourth-order valence-corrected chi connectivity index (χ4v) is 1.86. The van der Waals surface area contributed by atoms with Crippen LogP contribution in [0.25, 0.3) is 10.8 Å². The normalized spacial score (nSPS) is 11.8. The summed E-state index contributed by atoms with van der Waals surface area (Å²) in [7, 11) is 0. The van der Waals surface area contributed by atoms with Gasteiger partial charge in [-0.1, -0.05) is 30.3 Å². The third-order valence-corrected chi connectivity index (χ3v) is 2.72. The van der Waals surface area contributed by atoms with Crippen LogP contribution in [0.5, 0.6) is 0 Å². The van der Waals surface area contributed by atoms with Gasteiger partial charge >= 0.3 is 6.18 Å². The summed E-state index contributed by atoms with van der Waals surface area (Å²) in [6.45, 7) is 1.46. The molecule has 94 valence electrons. The zero-order valence-electron chi connectivity index (χ0n) is 9.71. The van der Waals surface area contributed by atoms with Crippen LogP contribution < -0.4 is 0 Å². The first-order valence-electron chi connectivity index (χ1n) is 5.45. The smallest absolute Gasteiger partial charge is 0.295 e. The van der Waals surface area contributed by atoms with Gasteiger partial charge in [0.05, 0.1) is 6.42 Å². The van der Waals surface area contributed by atoms with Gasteiger partial charge < -0.3 is 0 Å². The van der Waals surface area contributed by atoms with Crippen LogP contribution in [0.2, 0.25) is 0 Å². The van der Waals surface area contributed by atoms with Crippen molar-refractivity contribution in [1.29, 1.82) is 0 Å². The van der Waals surface area contributed by atoms with Crippen molar-refractivity contribution < 1.29 is 18.0 Å². The number of carbonyl (C=O) groups is 1. The molecule has 0 N–H and O–H groups in total. The Kier molecular flexibility index (Phi) is 3.11. The van der Waals surface area contributed by atoms with Gasteiger partial charge in [-0.3, -0.25) is 4.79 Å². The number of ketones is 1. The molecule has 18 heavy (non-hydrogen) atoms. The molecule has 0 aliphatic rings. The Morgan fingerprint density at radius 1 is 1.06 bits per heavy atom. The summed E-state index contributed by atoms with van der Waals surface area (Å²) in [5.41, 5.74) is 0.789. The minimum absolute atomic E-state index is 0.0590. The van der Waals surface area contributed by atoms with Gasteiger partial charge in [-0.05, 0) is 29.3 Å². The highest BCUT2D eigenvalue weighted by Crippen LogP contribution is 2.24. The van der Waals surface area contributed by atoms with Gasteiger partial charge in [-0.25, -0.2) is 0 Å². The number of rotatable bonds is 2. The van der Waals surface area contributed by atoms with Crippen molar-refractivity contribution in [3.63, 3.8) is 0 Å². The average Bonchev–Trinajstić information content (AvgIpc) is 2.26. The van der Waals surface area contributed by atoms with E-state index >= 15 is 0 Å². The minimum atomic E-state index is -4.20. The van der Waals surface area contributed by atoms with E-state index in [-0.39, 0.29) is 11.3 Å². The SMILES string of the molecule is CC(=O)c1ccc2cc(CC(F)(F)F)ccc2c1. The summed E-state index contributed by atoms with van der Waals surface area (Å²) < 4.78 is 36.8. The number of carbonyl (C=O) groups excluding carboxylic acids is 1. The molecule has 0 unspecified atom stereocenters. The lowest BCUT2D eigenvalue weighted by molar-refractivity contribution is -0.127. The molecule has 0 amide bonds. The summed E-state index contributed by atoms with van der Waals surface area (Å²) in [6.07, 6.45) is -5.13. The van der Waals surface area contributed by atoms with Crippen molar-refractivity contribution in [3.8, 4) is 0 Å². The Bertz CT molecular complexity index is 600. The Hall–Kier alpha value is -1.84. The third kappa shape index (κ3) is 2.88. The van der Waals surface area contributed by atoms with Crippen molar-refractivity contribution >= 4 is 16.6 Å². The van der Waals surface area contributed by atoms with Crippen LogP contribution >= 0.6 is 0 Å². The molecular weight excluding hydrogens is 241 g/mol. The van der Waals surface area contributed by atoms with E-state index in [0.29, 0.717) is 10.9 Å². The summed E-state index contributed by atoms with van der Waals surface area (Å²) in [5.74, 6) is -0.0590. The highest BCUT2D eigenvalue weighted by atomic mass is 19.4. The number of hydrogen-bond donors (Lipinski definition) is 0. The van der Waals surface area contributed by atoms with E-state index in [4.69, 9.17) is 0 Å². The highest BCUT2D eigenvalue weighted by molar-refractivity contribution is 5.98. The van der Waals surface area contributed by atoms with Crippen LogP contribution in [-0.4, -0.2) is 12.0 Å². The minimum Gasteiger partial charge on any atom is -0.295 e. The van der Waals surface area contributed by atoms with Crippen molar-refractivity contribution in [2.24, 2.45) is 0 Å². The molecule has 0 aliphatic carbocycles. The Morgan fingerprint density at radius 2 is 1.67 bits per heavy atom. The van der Waals surface area contributed by atoms with Crippen molar-refractivity contribution in [1.82, 2.24) is 0 Å². The molecule has 0 saturated carbocycles. The zero-order valence-corrected chi connectivity index (χ0v) is 9.71.